The lowest BCUT2D eigenvalue weighted by molar-refractivity contribution is -0.115. The Morgan fingerprint density at radius 2 is 2.16 bits per heavy atom. The Morgan fingerprint density at radius 1 is 1.42 bits per heavy atom. The molecule has 1 heterocycles. The summed E-state index contributed by atoms with van der Waals surface area (Å²) in [5.41, 5.74) is 2.16. The van der Waals surface area contributed by atoms with Gasteiger partial charge in [-0.25, -0.2) is 0 Å². The lowest BCUT2D eigenvalue weighted by Crippen LogP contribution is -2.13. The van der Waals surface area contributed by atoms with Crippen LogP contribution in [0, 0.1) is 11.3 Å². The molecule has 0 fully saturated rings. The summed E-state index contributed by atoms with van der Waals surface area (Å²) >= 11 is 0. The number of aromatic nitrogens is 2. The minimum atomic E-state index is -0.0969. The first-order chi connectivity index (χ1) is 9.21. The average Bonchev–Trinajstić information content (AvgIpc) is 2.87. The summed E-state index contributed by atoms with van der Waals surface area (Å²) in [7, 11) is 0. The summed E-state index contributed by atoms with van der Waals surface area (Å²) in [6, 6.07) is 9.03. The van der Waals surface area contributed by atoms with Gasteiger partial charge < -0.3 is 5.32 Å². The van der Waals surface area contributed by atoms with Crippen LogP contribution in [0.15, 0.2) is 36.7 Å². The van der Waals surface area contributed by atoms with Crippen molar-refractivity contribution in [3.05, 3.63) is 47.8 Å². The molecular formula is C14H14N4O. The highest BCUT2D eigenvalue weighted by Gasteiger charge is 2.05. The maximum atomic E-state index is 11.8. The third-order valence-electron chi connectivity index (χ3n) is 2.69. The normalized spacial score (nSPS) is 9.89. The summed E-state index contributed by atoms with van der Waals surface area (Å²) in [6.07, 6.45) is 3.69. The van der Waals surface area contributed by atoms with Gasteiger partial charge in [-0.2, -0.15) is 10.4 Å². The summed E-state index contributed by atoms with van der Waals surface area (Å²) in [5, 5.41) is 15.6. The van der Waals surface area contributed by atoms with Gasteiger partial charge in [-0.05, 0) is 24.6 Å². The van der Waals surface area contributed by atoms with Crippen molar-refractivity contribution in [2.45, 2.75) is 19.9 Å². The predicted octanol–water partition coefficient (Wildman–Crippen LogP) is 1.96. The molecule has 96 valence electrons. The van der Waals surface area contributed by atoms with Crippen molar-refractivity contribution in [3.8, 4) is 6.07 Å². The molecule has 0 atom stereocenters. The number of nitriles is 1. The molecule has 19 heavy (non-hydrogen) atoms. The van der Waals surface area contributed by atoms with E-state index in [0.717, 1.165) is 12.1 Å². The molecule has 0 radical (unpaired) electrons. The highest BCUT2D eigenvalue weighted by atomic mass is 16.1. The fourth-order valence-corrected chi connectivity index (χ4v) is 1.69. The lowest BCUT2D eigenvalue weighted by atomic mass is 10.1. The first-order valence-electron chi connectivity index (χ1n) is 6.02. The number of hydrogen-bond donors (Lipinski definition) is 1. The van der Waals surface area contributed by atoms with Crippen molar-refractivity contribution in [3.63, 3.8) is 0 Å². The van der Waals surface area contributed by atoms with Crippen LogP contribution in [0.25, 0.3) is 0 Å². The van der Waals surface area contributed by atoms with Gasteiger partial charge >= 0.3 is 0 Å². The number of aryl methyl sites for hydroxylation is 1. The molecule has 2 rings (SSSR count). The molecule has 0 aliphatic heterocycles. The Labute approximate surface area is 111 Å². The average molecular weight is 254 g/mol. The van der Waals surface area contributed by atoms with E-state index in [-0.39, 0.29) is 12.3 Å². The van der Waals surface area contributed by atoms with E-state index < -0.39 is 0 Å². The van der Waals surface area contributed by atoms with Crippen molar-refractivity contribution >= 4 is 11.6 Å². The highest BCUT2D eigenvalue weighted by Crippen LogP contribution is 2.08. The van der Waals surface area contributed by atoms with Crippen LogP contribution in [0.1, 0.15) is 18.1 Å². The van der Waals surface area contributed by atoms with Gasteiger partial charge in [-0.15, -0.1) is 0 Å². The maximum absolute atomic E-state index is 11.8. The molecule has 0 spiro atoms. The van der Waals surface area contributed by atoms with Gasteiger partial charge in [0.25, 0.3) is 0 Å². The fourth-order valence-electron chi connectivity index (χ4n) is 1.69. The van der Waals surface area contributed by atoms with Gasteiger partial charge in [0.2, 0.25) is 5.91 Å². The molecular weight excluding hydrogens is 240 g/mol. The fraction of sp³-hybridized carbons (Fsp3) is 0.214. The zero-order valence-electron chi connectivity index (χ0n) is 10.6. The van der Waals surface area contributed by atoms with E-state index in [1.165, 1.54) is 0 Å². The lowest BCUT2D eigenvalue weighted by Gasteiger charge is -2.02. The zero-order chi connectivity index (χ0) is 13.7. The van der Waals surface area contributed by atoms with Crippen LogP contribution < -0.4 is 5.32 Å². The number of nitrogens with zero attached hydrogens (tertiary/aromatic N) is 3. The van der Waals surface area contributed by atoms with Crippen molar-refractivity contribution < 1.29 is 4.79 Å². The first-order valence-corrected chi connectivity index (χ1v) is 6.02. The molecule has 1 amide bonds. The van der Waals surface area contributed by atoms with Gasteiger partial charge in [-0.1, -0.05) is 12.1 Å². The van der Waals surface area contributed by atoms with Crippen LogP contribution in [-0.4, -0.2) is 15.7 Å². The quantitative estimate of drug-likeness (QED) is 0.906. The van der Waals surface area contributed by atoms with Gasteiger partial charge in [0.05, 0.1) is 29.9 Å². The second kappa shape index (κ2) is 5.83. The van der Waals surface area contributed by atoms with Gasteiger partial charge in [0.15, 0.2) is 0 Å². The molecule has 0 aliphatic rings. The minimum absolute atomic E-state index is 0.0969. The van der Waals surface area contributed by atoms with E-state index in [2.05, 4.69) is 10.4 Å². The molecule has 1 aromatic heterocycles. The molecule has 0 bridgehead atoms. The third-order valence-corrected chi connectivity index (χ3v) is 2.69. The van der Waals surface area contributed by atoms with E-state index in [9.17, 15) is 4.79 Å². The van der Waals surface area contributed by atoms with Gasteiger partial charge in [0.1, 0.15) is 0 Å². The topological polar surface area (TPSA) is 70.7 Å². The van der Waals surface area contributed by atoms with E-state index in [4.69, 9.17) is 5.26 Å². The molecule has 1 N–H and O–H groups in total. The van der Waals surface area contributed by atoms with Crippen molar-refractivity contribution in [2.75, 3.05) is 5.32 Å². The van der Waals surface area contributed by atoms with Crippen LogP contribution in [0.3, 0.4) is 0 Å². The molecule has 2 aromatic rings. The number of rotatable bonds is 4. The van der Waals surface area contributed by atoms with Crippen LogP contribution >= 0.6 is 0 Å². The van der Waals surface area contributed by atoms with E-state index in [1.807, 2.05) is 13.0 Å². The van der Waals surface area contributed by atoms with Crippen molar-refractivity contribution in [2.24, 2.45) is 0 Å². The molecule has 5 heteroatoms. The molecule has 0 aliphatic carbocycles. The largest absolute Gasteiger partial charge is 0.323 e. The van der Waals surface area contributed by atoms with Gasteiger partial charge in [0, 0.05) is 12.7 Å². The number of hydrogen-bond acceptors (Lipinski definition) is 3. The molecule has 0 saturated carbocycles. The molecule has 0 unspecified atom stereocenters. The first kappa shape index (κ1) is 12.8. The van der Waals surface area contributed by atoms with Crippen LogP contribution in [0.2, 0.25) is 0 Å². The number of carbonyl (C=O) groups excluding carboxylic acids is 1. The summed E-state index contributed by atoms with van der Waals surface area (Å²) in [6.45, 7) is 2.75. The molecule has 5 nitrogen and oxygen atoms in total. The number of amides is 1. The number of carbonyl (C=O) groups is 1. The van der Waals surface area contributed by atoms with E-state index in [1.54, 1.807) is 41.3 Å². The second-order valence-electron chi connectivity index (χ2n) is 4.12. The monoisotopic (exact) mass is 254 g/mol. The minimum Gasteiger partial charge on any atom is -0.323 e. The standard InChI is InChI=1S/C14H14N4O/c1-2-18-10-13(9-16-18)17-14(19)7-11-3-5-12(8-15)6-4-11/h3-6,9-10H,2,7H2,1H3,(H,17,19). The smallest absolute Gasteiger partial charge is 0.228 e. The summed E-state index contributed by atoms with van der Waals surface area (Å²) in [4.78, 5) is 11.8. The predicted molar refractivity (Wildman–Crippen MR) is 71.4 cm³/mol. The Morgan fingerprint density at radius 3 is 2.74 bits per heavy atom. The van der Waals surface area contributed by atoms with Crippen LogP contribution in [-0.2, 0) is 17.8 Å². The van der Waals surface area contributed by atoms with E-state index >= 15 is 0 Å². The summed E-state index contributed by atoms with van der Waals surface area (Å²) in [5.74, 6) is -0.0969. The van der Waals surface area contributed by atoms with E-state index in [0.29, 0.717) is 11.3 Å². The van der Waals surface area contributed by atoms with Crippen LogP contribution in [0.5, 0.6) is 0 Å². The number of benzene rings is 1. The molecule has 0 saturated heterocycles. The second-order valence-corrected chi connectivity index (χ2v) is 4.12. The van der Waals surface area contributed by atoms with Crippen molar-refractivity contribution in [1.29, 1.82) is 5.26 Å². The zero-order valence-corrected chi connectivity index (χ0v) is 10.6. The molecule has 1 aromatic carbocycles. The SMILES string of the molecule is CCn1cc(NC(=O)Cc2ccc(C#N)cc2)cn1. The third kappa shape index (κ3) is 3.42. The Balaban J connectivity index is 1.95. The number of anilines is 1. The summed E-state index contributed by atoms with van der Waals surface area (Å²) < 4.78 is 1.75. The van der Waals surface area contributed by atoms with Crippen LogP contribution in [0.4, 0.5) is 5.69 Å². The Kier molecular flexibility index (Phi) is 3.94. The van der Waals surface area contributed by atoms with Crippen molar-refractivity contribution in [1.82, 2.24) is 9.78 Å². The number of nitrogens with one attached hydrogen (secondary N) is 1. The maximum Gasteiger partial charge on any atom is 0.228 e. The van der Waals surface area contributed by atoms with Gasteiger partial charge in [-0.3, -0.25) is 9.48 Å². The Hall–Kier alpha value is -2.61. The Bertz CT molecular complexity index is 607. The highest BCUT2D eigenvalue weighted by molar-refractivity contribution is 5.91.